The van der Waals surface area contributed by atoms with Crippen LogP contribution >= 0.6 is 0 Å². The van der Waals surface area contributed by atoms with Crippen LogP contribution in [0.1, 0.15) is 38.8 Å². The molecule has 0 spiro atoms. The molecule has 0 unspecified atom stereocenters. The molecule has 8 aromatic carbocycles. The first kappa shape index (κ1) is 39.9. The summed E-state index contributed by atoms with van der Waals surface area (Å²) in [7, 11) is 0. The minimum atomic E-state index is -0.172. The zero-order valence-electron chi connectivity index (χ0n) is 35.9. The van der Waals surface area contributed by atoms with Gasteiger partial charge < -0.3 is 14.5 Å². The molecule has 0 fully saturated rings. The van der Waals surface area contributed by atoms with Crippen molar-refractivity contribution in [3.63, 3.8) is 0 Å². The van der Waals surface area contributed by atoms with Crippen molar-refractivity contribution in [2.24, 2.45) is 0 Å². The smallest absolute Gasteiger partial charge is 0.0752 e. The molecule has 5 nitrogen and oxygen atoms in total. The SMILES string of the molecule is CC1(C)c2cc(-c3ccccc3)cc3c4ccc(Oc5[c-]c(N6[CH-]N(c7c(-c8ccccc8)cccc7-c7ccccc7)c7ccccc76)ccc5)[c-]c4n4ncc(c4c23)C1(C)C.[Pt]. The van der Waals surface area contributed by atoms with Gasteiger partial charge >= 0.3 is 0 Å². The molecule has 0 N–H and O–H groups in total. The summed E-state index contributed by atoms with van der Waals surface area (Å²) in [6, 6.07) is 69.4. The second kappa shape index (κ2) is 15.1. The number of benzene rings is 8. The van der Waals surface area contributed by atoms with Crippen molar-refractivity contribution in [1.29, 1.82) is 0 Å². The maximum Gasteiger partial charge on any atom is 0.0752 e. The third kappa shape index (κ3) is 6.05. The van der Waals surface area contributed by atoms with Gasteiger partial charge in [-0.3, -0.25) is 4.52 Å². The minimum Gasteiger partial charge on any atom is -0.509 e. The molecule has 0 saturated heterocycles. The summed E-state index contributed by atoms with van der Waals surface area (Å²) in [5.74, 6) is 1.19. The van der Waals surface area contributed by atoms with Crippen molar-refractivity contribution >= 4 is 49.9 Å². The average Bonchev–Trinajstić information content (AvgIpc) is 3.96. The van der Waals surface area contributed by atoms with Crippen molar-refractivity contribution in [2.45, 2.75) is 38.5 Å². The molecule has 10 aromatic rings. The number of hydrogen-bond donors (Lipinski definition) is 0. The zero-order valence-corrected chi connectivity index (χ0v) is 38.2. The number of rotatable bonds is 7. The first-order valence-electron chi connectivity index (χ1n) is 21.6. The Bertz CT molecular complexity index is 3360. The van der Waals surface area contributed by atoms with Gasteiger partial charge in [0.15, 0.2) is 0 Å². The van der Waals surface area contributed by atoms with Crippen LogP contribution < -0.4 is 14.5 Å². The fraction of sp³-hybridized carbons (Fsp3) is 0.103. The van der Waals surface area contributed by atoms with Crippen LogP contribution in [0, 0.1) is 18.8 Å². The third-order valence-electron chi connectivity index (χ3n) is 13.9. The second-order valence-electron chi connectivity index (χ2n) is 17.7. The van der Waals surface area contributed by atoms with Crippen molar-refractivity contribution in [1.82, 2.24) is 9.61 Å². The normalized spacial score (nSPS) is 14.6. The van der Waals surface area contributed by atoms with Crippen LogP contribution in [-0.4, -0.2) is 9.61 Å². The molecule has 0 radical (unpaired) electrons. The summed E-state index contributed by atoms with van der Waals surface area (Å²) in [6.45, 7) is 11.6. The van der Waals surface area contributed by atoms with Gasteiger partial charge in [0, 0.05) is 71.7 Å². The van der Waals surface area contributed by atoms with Crippen LogP contribution in [0.3, 0.4) is 0 Å². The quantitative estimate of drug-likeness (QED) is 0.118. The number of para-hydroxylation sites is 3. The standard InChI is InChI=1S/C58H43N4O.Pt/c1-57(2)49-33-41(38-18-8-5-9-19-38)32-48-47-31-30-44(35-53(47)62-56(54(48)49)50(36-59-62)58(57,3)4)63-43-25-16-24-42(34-43)60-37-61(52-29-15-14-28-51(52)60)55-45(39-20-10-6-11-21-39)26-17-27-46(55)40-22-12-7-13-23-40;/h5-33,36-37H,1-4H3;/q-3;. The first-order valence-corrected chi connectivity index (χ1v) is 21.6. The first-order chi connectivity index (χ1) is 30.8. The van der Waals surface area contributed by atoms with Gasteiger partial charge in [0.05, 0.1) is 11.7 Å². The van der Waals surface area contributed by atoms with Crippen molar-refractivity contribution < 1.29 is 25.8 Å². The maximum absolute atomic E-state index is 6.71. The van der Waals surface area contributed by atoms with E-state index in [2.05, 4.69) is 225 Å². The zero-order chi connectivity index (χ0) is 42.5. The molecule has 1 aliphatic heterocycles. The Balaban J connectivity index is 0.00000456. The molecule has 0 saturated carbocycles. The molecule has 0 amide bonds. The number of anilines is 4. The van der Waals surface area contributed by atoms with E-state index in [4.69, 9.17) is 9.84 Å². The van der Waals surface area contributed by atoms with E-state index in [0.29, 0.717) is 11.5 Å². The number of aromatic nitrogens is 2. The monoisotopic (exact) mass is 1010 g/mol. The predicted octanol–water partition coefficient (Wildman–Crippen LogP) is 15.0. The van der Waals surface area contributed by atoms with E-state index in [9.17, 15) is 0 Å². The van der Waals surface area contributed by atoms with Crippen LogP contribution in [0.5, 0.6) is 11.5 Å². The summed E-state index contributed by atoms with van der Waals surface area (Å²) in [4.78, 5) is 4.52. The molecule has 0 bridgehead atoms. The van der Waals surface area contributed by atoms with E-state index in [-0.39, 0.29) is 31.9 Å². The molecule has 64 heavy (non-hydrogen) atoms. The van der Waals surface area contributed by atoms with Gasteiger partial charge in [-0.2, -0.15) is 17.2 Å². The van der Waals surface area contributed by atoms with Gasteiger partial charge in [-0.25, -0.2) is 0 Å². The van der Waals surface area contributed by atoms with Gasteiger partial charge in [-0.1, -0.05) is 160 Å². The van der Waals surface area contributed by atoms with Gasteiger partial charge in [0.1, 0.15) is 0 Å². The minimum absolute atomic E-state index is 0. The van der Waals surface area contributed by atoms with Crippen LogP contribution in [0.4, 0.5) is 22.7 Å². The molecule has 12 rings (SSSR count). The molecule has 6 heteroatoms. The molecule has 1 aliphatic carbocycles. The molecule has 314 valence electrons. The molecular weight excluding hydrogens is 964 g/mol. The Morgan fingerprint density at radius 2 is 1.09 bits per heavy atom. The number of ether oxygens (including phenoxy) is 1. The number of hydrogen-bond acceptors (Lipinski definition) is 4. The summed E-state index contributed by atoms with van der Waals surface area (Å²) >= 11 is 0. The van der Waals surface area contributed by atoms with E-state index >= 15 is 0 Å². The Hall–Kier alpha value is -6.94. The van der Waals surface area contributed by atoms with Gasteiger partial charge in [-0.05, 0) is 62.3 Å². The van der Waals surface area contributed by atoms with Crippen LogP contribution in [-0.2, 0) is 31.9 Å². The topological polar surface area (TPSA) is 33.0 Å². The van der Waals surface area contributed by atoms with Gasteiger partial charge in [-0.15, -0.1) is 48.1 Å². The Kier molecular flexibility index (Phi) is 9.41. The number of pyridine rings is 1. The van der Waals surface area contributed by atoms with E-state index in [1.165, 1.54) is 33.0 Å². The maximum atomic E-state index is 6.71. The predicted molar refractivity (Wildman–Crippen MR) is 258 cm³/mol. The van der Waals surface area contributed by atoms with Crippen LogP contribution in [0.15, 0.2) is 182 Å². The van der Waals surface area contributed by atoms with E-state index in [0.717, 1.165) is 61.4 Å². The van der Waals surface area contributed by atoms with E-state index < -0.39 is 0 Å². The molecular formula is C58H43N4OPt-3. The number of nitrogens with zero attached hydrogens (tertiary/aromatic N) is 4. The van der Waals surface area contributed by atoms with E-state index in [1.54, 1.807) is 0 Å². The summed E-state index contributed by atoms with van der Waals surface area (Å²) < 4.78 is 8.79. The molecule has 0 atom stereocenters. The fourth-order valence-corrected chi connectivity index (χ4v) is 9.94. The largest absolute Gasteiger partial charge is 0.509 e. The Morgan fingerprint density at radius 1 is 0.516 bits per heavy atom. The molecule has 3 heterocycles. The van der Waals surface area contributed by atoms with E-state index in [1.807, 2.05) is 18.2 Å². The van der Waals surface area contributed by atoms with Crippen LogP contribution in [0.25, 0.3) is 60.6 Å². The summed E-state index contributed by atoms with van der Waals surface area (Å²) in [6.07, 6.45) is 2.07. The van der Waals surface area contributed by atoms with Crippen LogP contribution in [0.2, 0.25) is 0 Å². The summed E-state index contributed by atoms with van der Waals surface area (Å²) in [5.41, 5.74) is 15.4. The Labute approximate surface area is 388 Å². The van der Waals surface area contributed by atoms with Crippen molar-refractivity contribution in [2.75, 3.05) is 9.80 Å². The van der Waals surface area contributed by atoms with Gasteiger partial charge in [0.2, 0.25) is 0 Å². The molecule has 2 aromatic heterocycles. The van der Waals surface area contributed by atoms with Gasteiger partial charge in [0.25, 0.3) is 0 Å². The third-order valence-corrected chi connectivity index (χ3v) is 13.9. The molecule has 2 aliphatic rings. The number of fused-ring (bicyclic) bond motifs is 4. The fourth-order valence-electron chi connectivity index (χ4n) is 9.94. The average molecular weight is 1010 g/mol. The summed E-state index contributed by atoms with van der Waals surface area (Å²) in [5, 5.41) is 8.62. The second-order valence-corrected chi connectivity index (χ2v) is 17.7. The Morgan fingerprint density at radius 3 is 1.77 bits per heavy atom. The van der Waals surface area contributed by atoms with Crippen molar-refractivity contribution in [3.8, 4) is 44.9 Å². The van der Waals surface area contributed by atoms with Crippen molar-refractivity contribution in [3.05, 3.63) is 212 Å².